The van der Waals surface area contributed by atoms with Crippen LogP contribution in [-0.4, -0.2) is 20.2 Å². The SMILES string of the molecule is CC(Nc1nc(N)cc(Br)n1)c1cn[nH]c1. The number of halogens is 1. The molecule has 0 aliphatic heterocycles. The summed E-state index contributed by atoms with van der Waals surface area (Å²) in [5.74, 6) is 0.907. The zero-order chi connectivity index (χ0) is 11.5. The Morgan fingerprint density at radius 2 is 2.31 bits per heavy atom. The maximum atomic E-state index is 5.61. The summed E-state index contributed by atoms with van der Waals surface area (Å²) in [4.78, 5) is 8.25. The van der Waals surface area contributed by atoms with Gasteiger partial charge in [0.2, 0.25) is 5.95 Å². The molecule has 0 saturated carbocycles. The van der Waals surface area contributed by atoms with Gasteiger partial charge in [-0.2, -0.15) is 10.1 Å². The van der Waals surface area contributed by atoms with Gasteiger partial charge in [0.25, 0.3) is 0 Å². The smallest absolute Gasteiger partial charge is 0.226 e. The molecule has 2 aromatic rings. The van der Waals surface area contributed by atoms with E-state index in [2.05, 4.69) is 41.4 Å². The highest BCUT2D eigenvalue weighted by Crippen LogP contribution is 2.18. The summed E-state index contributed by atoms with van der Waals surface area (Å²) in [7, 11) is 0. The highest BCUT2D eigenvalue weighted by Gasteiger charge is 2.08. The van der Waals surface area contributed by atoms with Crippen LogP contribution in [0.25, 0.3) is 0 Å². The molecule has 0 aromatic carbocycles. The highest BCUT2D eigenvalue weighted by molar-refractivity contribution is 9.10. The fourth-order valence-corrected chi connectivity index (χ4v) is 1.68. The van der Waals surface area contributed by atoms with E-state index in [1.165, 1.54) is 0 Å². The second-order valence-corrected chi connectivity index (χ2v) is 4.15. The second-order valence-electron chi connectivity index (χ2n) is 3.34. The normalized spacial score (nSPS) is 12.4. The van der Waals surface area contributed by atoms with Crippen LogP contribution in [0.1, 0.15) is 18.5 Å². The molecular formula is C9H11BrN6. The molecule has 0 fully saturated rings. The lowest BCUT2D eigenvalue weighted by Gasteiger charge is -2.12. The molecule has 4 N–H and O–H groups in total. The van der Waals surface area contributed by atoms with Crippen LogP contribution in [0.15, 0.2) is 23.1 Å². The molecule has 1 unspecified atom stereocenters. The monoisotopic (exact) mass is 282 g/mol. The first-order valence-electron chi connectivity index (χ1n) is 4.70. The summed E-state index contributed by atoms with van der Waals surface area (Å²) < 4.78 is 0.655. The van der Waals surface area contributed by atoms with Crippen molar-refractivity contribution >= 4 is 27.7 Å². The molecule has 0 radical (unpaired) electrons. The van der Waals surface area contributed by atoms with Crippen LogP contribution in [0.4, 0.5) is 11.8 Å². The predicted octanol–water partition coefficient (Wildman–Crippen LogP) is 1.72. The number of aromatic amines is 1. The Morgan fingerprint density at radius 1 is 1.50 bits per heavy atom. The molecule has 0 amide bonds. The van der Waals surface area contributed by atoms with Crippen LogP contribution in [0.5, 0.6) is 0 Å². The Balaban J connectivity index is 2.15. The quantitative estimate of drug-likeness (QED) is 0.746. The number of nitrogens with two attached hydrogens (primary N) is 1. The molecule has 0 bridgehead atoms. The van der Waals surface area contributed by atoms with Crippen molar-refractivity contribution in [3.8, 4) is 0 Å². The van der Waals surface area contributed by atoms with Gasteiger partial charge < -0.3 is 11.1 Å². The summed E-state index contributed by atoms with van der Waals surface area (Å²) in [6.45, 7) is 1.99. The Labute approximate surface area is 101 Å². The number of nitrogens with one attached hydrogen (secondary N) is 2. The van der Waals surface area contributed by atoms with Gasteiger partial charge in [-0.25, -0.2) is 4.98 Å². The minimum absolute atomic E-state index is 0.0625. The van der Waals surface area contributed by atoms with E-state index in [1.807, 2.05) is 13.1 Å². The summed E-state index contributed by atoms with van der Waals surface area (Å²) in [6, 6.07) is 1.71. The van der Waals surface area contributed by atoms with Gasteiger partial charge in [0.15, 0.2) is 0 Å². The summed E-state index contributed by atoms with van der Waals surface area (Å²) in [5, 5.41) is 9.77. The maximum Gasteiger partial charge on any atom is 0.226 e. The van der Waals surface area contributed by atoms with Crippen molar-refractivity contribution in [1.29, 1.82) is 0 Å². The van der Waals surface area contributed by atoms with Crippen LogP contribution >= 0.6 is 15.9 Å². The van der Waals surface area contributed by atoms with Crippen LogP contribution in [0.3, 0.4) is 0 Å². The number of H-pyrrole nitrogens is 1. The lowest BCUT2D eigenvalue weighted by Crippen LogP contribution is -2.09. The van der Waals surface area contributed by atoms with Gasteiger partial charge in [0.05, 0.1) is 12.2 Å². The summed E-state index contributed by atoms with van der Waals surface area (Å²) in [6.07, 6.45) is 3.57. The fourth-order valence-electron chi connectivity index (χ4n) is 1.27. The molecule has 1 atom stereocenters. The van der Waals surface area contributed by atoms with E-state index in [0.29, 0.717) is 16.4 Å². The van der Waals surface area contributed by atoms with Gasteiger partial charge in [-0.05, 0) is 22.9 Å². The molecule has 0 aliphatic carbocycles. The summed E-state index contributed by atoms with van der Waals surface area (Å²) in [5.41, 5.74) is 6.64. The van der Waals surface area contributed by atoms with Crippen LogP contribution < -0.4 is 11.1 Å². The average Bonchev–Trinajstić information content (AvgIpc) is 2.68. The van der Waals surface area contributed by atoms with E-state index in [-0.39, 0.29) is 6.04 Å². The van der Waals surface area contributed by atoms with Crippen molar-refractivity contribution in [3.05, 3.63) is 28.6 Å². The minimum atomic E-state index is 0.0625. The van der Waals surface area contributed by atoms with Crippen LogP contribution in [-0.2, 0) is 0 Å². The molecule has 0 saturated heterocycles. The van der Waals surface area contributed by atoms with E-state index < -0.39 is 0 Å². The van der Waals surface area contributed by atoms with E-state index in [1.54, 1.807) is 12.3 Å². The maximum absolute atomic E-state index is 5.61. The molecule has 16 heavy (non-hydrogen) atoms. The fraction of sp³-hybridized carbons (Fsp3) is 0.222. The third-order valence-electron chi connectivity index (χ3n) is 2.08. The molecule has 84 valence electrons. The second kappa shape index (κ2) is 4.48. The van der Waals surface area contributed by atoms with Crippen LogP contribution in [0, 0.1) is 0 Å². The number of aromatic nitrogens is 4. The Kier molecular flexibility index (Phi) is 3.04. The van der Waals surface area contributed by atoms with Gasteiger partial charge in [0.1, 0.15) is 10.4 Å². The van der Waals surface area contributed by atoms with Gasteiger partial charge >= 0.3 is 0 Å². The van der Waals surface area contributed by atoms with E-state index in [0.717, 1.165) is 5.56 Å². The Morgan fingerprint density at radius 3 is 2.94 bits per heavy atom. The largest absolute Gasteiger partial charge is 0.383 e. The Hall–Kier alpha value is -1.63. The van der Waals surface area contributed by atoms with Gasteiger partial charge in [-0.15, -0.1) is 0 Å². The number of hydrogen-bond donors (Lipinski definition) is 3. The number of anilines is 2. The number of nitrogens with zero attached hydrogens (tertiary/aromatic N) is 3. The van der Waals surface area contributed by atoms with E-state index >= 15 is 0 Å². The van der Waals surface area contributed by atoms with Crippen LogP contribution in [0.2, 0.25) is 0 Å². The highest BCUT2D eigenvalue weighted by atomic mass is 79.9. The first-order chi connectivity index (χ1) is 7.65. The lowest BCUT2D eigenvalue weighted by molar-refractivity contribution is 0.860. The molecule has 2 aromatic heterocycles. The number of nitrogen functional groups attached to an aromatic ring is 1. The summed E-state index contributed by atoms with van der Waals surface area (Å²) >= 11 is 3.26. The first-order valence-corrected chi connectivity index (χ1v) is 5.49. The molecule has 7 heteroatoms. The van der Waals surface area contributed by atoms with Gasteiger partial charge in [-0.3, -0.25) is 5.10 Å². The van der Waals surface area contributed by atoms with Gasteiger partial charge in [0, 0.05) is 17.8 Å². The van der Waals surface area contributed by atoms with Crippen molar-refractivity contribution in [3.63, 3.8) is 0 Å². The minimum Gasteiger partial charge on any atom is -0.383 e. The van der Waals surface area contributed by atoms with E-state index in [4.69, 9.17) is 5.73 Å². The van der Waals surface area contributed by atoms with Gasteiger partial charge in [-0.1, -0.05) is 0 Å². The van der Waals surface area contributed by atoms with E-state index in [9.17, 15) is 0 Å². The lowest BCUT2D eigenvalue weighted by atomic mass is 10.2. The van der Waals surface area contributed by atoms with Crippen molar-refractivity contribution < 1.29 is 0 Å². The molecule has 6 nitrogen and oxygen atoms in total. The van der Waals surface area contributed by atoms with Crippen molar-refractivity contribution in [2.45, 2.75) is 13.0 Å². The molecule has 0 spiro atoms. The zero-order valence-electron chi connectivity index (χ0n) is 8.61. The van der Waals surface area contributed by atoms with Crippen molar-refractivity contribution in [2.24, 2.45) is 0 Å². The standard InChI is InChI=1S/C9H11BrN6/c1-5(6-3-12-13-4-6)14-9-15-7(10)2-8(11)16-9/h2-5H,1H3,(H,12,13)(H3,11,14,15,16). The zero-order valence-corrected chi connectivity index (χ0v) is 10.2. The molecular weight excluding hydrogens is 272 g/mol. The predicted molar refractivity (Wildman–Crippen MR) is 64.8 cm³/mol. The third kappa shape index (κ3) is 2.48. The average molecular weight is 283 g/mol. The molecule has 0 aliphatic rings. The van der Waals surface area contributed by atoms with Crippen molar-refractivity contribution in [2.75, 3.05) is 11.1 Å². The topological polar surface area (TPSA) is 92.5 Å². The first kappa shape index (κ1) is 10.9. The molecule has 2 heterocycles. The number of rotatable bonds is 3. The Bertz CT molecular complexity index is 449. The van der Waals surface area contributed by atoms with Crippen molar-refractivity contribution in [1.82, 2.24) is 20.2 Å². The molecule has 2 rings (SSSR count). The number of hydrogen-bond acceptors (Lipinski definition) is 5. The third-order valence-corrected chi connectivity index (χ3v) is 2.49.